The molecule has 18 heavy (non-hydrogen) atoms. The van der Waals surface area contributed by atoms with Gasteiger partial charge >= 0.3 is 0 Å². The highest BCUT2D eigenvalue weighted by Crippen LogP contribution is 2.09. The second-order valence-electron chi connectivity index (χ2n) is 3.88. The third-order valence-electron chi connectivity index (χ3n) is 2.54. The van der Waals surface area contributed by atoms with Crippen LogP contribution in [0, 0.1) is 6.92 Å². The van der Waals surface area contributed by atoms with Crippen LogP contribution < -0.4 is 5.32 Å². The molecular formula is C13H12ClN3O. The lowest BCUT2D eigenvalue weighted by Crippen LogP contribution is -2.23. The first-order chi connectivity index (χ1) is 8.66. The Hall–Kier alpha value is -1.94. The number of rotatable bonds is 3. The summed E-state index contributed by atoms with van der Waals surface area (Å²) in [4.78, 5) is 19.7. The minimum absolute atomic E-state index is 0.193. The van der Waals surface area contributed by atoms with E-state index >= 15 is 0 Å². The third kappa shape index (κ3) is 3.05. The van der Waals surface area contributed by atoms with Gasteiger partial charge < -0.3 is 5.32 Å². The highest BCUT2D eigenvalue weighted by Gasteiger charge is 2.06. The zero-order valence-corrected chi connectivity index (χ0v) is 10.6. The molecule has 4 nitrogen and oxygen atoms in total. The van der Waals surface area contributed by atoms with E-state index in [0.717, 1.165) is 11.1 Å². The molecular weight excluding hydrogens is 250 g/mol. The number of halogens is 1. The minimum atomic E-state index is -0.193. The number of aryl methyl sites for hydroxylation is 1. The quantitative estimate of drug-likeness (QED) is 0.923. The molecule has 0 aromatic carbocycles. The number of carbonyl (C=O) groups is 1. The molecule has 0 saturated heterocycles. The van der Waals surface area contributed by atoms with Gasteiger partial charge in [-0.25, -0.2) is 0 Å². The van der Waals surface area contributed by atoms with Crippen molar-refractivity contribution >= 4 is 17.5 Å². The van der Waals surface area contributed by atoms with E-state index in [1.165, 1.54) is 12.4 Å². The number of nitrogens with one attached hydrogen (secondary N) is 1. The smallest absolute Gasteiger partial charge is 0.253 e. The molecule has 0 aliphatic heterocycles. The van der Waals surface area contributed by atoms with E-state index in [-0.39, 0.29) is 5.91 Å². The Morgan fingerprint density at radius 3 is 2.89 bits per heavy atom. The van der Waals surface area contributed by atoms with Gasteiger partial charge in [-0.2, -0.15) is 0 Å². The minimum Gasteiger partial charge on any atom is -0.348 e. The largest absolute Gasteiger partial charge is 0.348 e. The van der Waals surface area contributed by atoms with Crippen LogP contribution in [0.2, 0.25) is 5.02 Å². The second kappa shape index (κ2) is 5.60. The SMILES string of the molecule is Cc1cnccc1CNC(=O)c1cncc(Cl)c1. The molecule has 0 aliphatic carbocycles. The van der Waals surface area contributed by atoms with Gasteiger partial charge in [0.15, 0.2) is 0 Å². The van der Waals surface area contributed by atoms with Crippen molar-refractivity contribution in [2.75, 3.05) is 0 Å². The average molecular weight is 262 g/mol. The summed E-state index contributed by atoms with van der Waals surface area (Å²) in [7, 11) is 0. The maximum absolute atomic E-state index is 11.9. The van der Waals surface area contributed by atoms with Crippen molar-refractivity contribution in [3.05, 3.63) is 58.6 Å². The lowest BCUT2D eigenvalue weighted by molar-refractivity contribution is 0.0950. The van der Waals surface area contributed by atoms with Gasteiger partial charge in [-0.3, -0.25) is 14.8 Å². The van der Waals surface area contributed by atoms with E-state index in [1.807, 2.05) is 13.0 Å². The molecule has 0 unspecified atom stereocenters. The number of hydrogen-bond donors (Lipinski definition) is 1. The van der Waals surface area contributed by atoms with Gasteiger partial charge in [0, 0.05) is 31.3 Å². The first-order valence-electron chi connectivity index (χ1n) is 5.45. The Morgan fingerprint density at radius 2 is 2.17 bits per heavy atom. The fraction of sp³-hybridized carbons (Fsp3) is 0.154. The Labute approximate surface area is 110 Å². The molecule has 0 aliphatic rings. The Kier molecular flexibility index (Phi) is 3.89. The number of hydrogen-bond acceptors (Lipinski definition) is 3. The van der Waals surface area contributed by atoms with Crippen molar-refractivity contribution in [2.45, 2.75) is 13.5 Å². The zero-order valence-electron chi connectivity index (χ0n) is 9.85. The lowest BCUT2D eigenvalue weighted by atomic mass is 10.1. The number of aromatic nitrogens is 2. The van der Waals surface area contributed by atoms with Gasteiger partial charge in [-0.15, -0.1) is 0 Å². The summed E-state index contributed by atoms with van der Waals surface area (Å²) in [5.74, 6) is -0.193. The lowest BCUT2D eigenvalue weighted by Gasteiger charge is -2.07. The Balaban J connectivity index is 2.03. The van der Waals surface area contributed by atoms with Crippen molar-refractivity contribution in [2.24, 2.45) is 0 Å². The van der Waals surface area contributed by atoms with Gasteiger partial charge in [-0.1, -0.05) is 11.6 Å². The predicted octanol–water partition coefficient (Wildman–Crippen LogP) is 2.37. The van der Waals surface area contributed by atoms with Crippen LogP contribution in [0.5, 0.6) is 0 Å². The van der Waals surface area contributed by atoms with Crippen LogP contribution in [0.1, 0.15) is 21.5 Å². The predicted molar refractivity (Wildman–Crippen MR) is 69.4 cm³/mol. The molecule has 2 rings (SSSR count). The summed E-state index contributed by atoms with van der Waals surface area (Å²) in [6.45, 7) is 2.41. The molecule has 0 spiro atoms. The van der Waals surface area contributed by atoms with Gasteiger partial charge in [0.05, 0.1) is 10.6 Å². The molecule has 1 amide bonds. The molecule has 0 atom stereocenters. The normalized spacial score (nSPS) is 10.1. The average Bonchev–Trinajstić information content (AvgIpc) is 2.37. The Morgan fingerprint density at radius 1 is 1.33 bits per heavy atom. The summed E-state index contributed by atoms with van der Waals surface area (Å²) in [6, 6.07) is 3.47. The molecule has 0 saturated carbocycles. The second-order valence-corrected chi connectivity index (χ2v) is 4.31. The van der Waals surface area contributed by atoms with Crippen LogP contribution in [0.3, 0.4) is 0 Å². The number of pyridine rings is 2. The van der Waals surface area contributed by atoms with Crippen LogP contribution in [0.25, 0.3) is 0 Å². The molecule has 0 bridgehead atoms. The molecule has 2 aromatic heterocycles. The van der Waals surface area contributed by atoms with Crippen molar-refractivity contribution < 1.29 is 4.79 Å². The van der Waals surface area contributed by atoms with E-state index < -0.39 is 0 Å². The topological polar surface area (TPSA) is 54.9 Å². The van der Waals surface area contributed by atoms with E-state index in [9.17, 15) is 4.79 Å². The molecule has 2 heterocycles. The maximum atomic E-state index is 11.9. The molecule has 2 aromatic rings. The fourth-order valence-electron chi connectivity index (χ4n) is 1.51. The zero-order chi connectivity index (χ0) is 13.0. The summed E-state index contributed by atoms with van der Waals surface area (Å²) < 4.78 is 0. The third-order valence-corrected chi connectivity index (χ3v) is 2.75. The first-order valence-corrected chi connectivity index (χ1v) is 5.83. The number of nitrogens with zero attached hydrogens (tertiary/aromatic N) is 2. The molecule has 0 radical (unpaired) electrons. The van der Waals surface area contributed by atoms with Crippen LogP contribution in [0.15, 0.2) is 36.9 Å². The van der Waals surface area contributed by atoms with Crippen LogP contribution >= 0.6 is 11.6 Å². The maximum Gasteiger partial charge on any atom is 0.253 e. The molecule has 1 N–H and O–H groups in total. The van der Waals surface area contributed by atoms with E-state index in [0.29, 0.717) is 17.1 Å². The van der Waals surface area contributed by atoms with Crippen molar-refractivity contribution in [1.82, 2.24) is 15.3 Å². The van der Waals surface area contributed by atoms with Crippen LogP contribution in [-0.4, -0.2) is 15.9 Å². The summed E-state index contributed by atoms with van der Waals surface area (Å²) in [5.41, 5.74) is 2.53. The van der Waals surface area contributed by atoms with Gasteiger partial charge in [-0.05, 0) is 30.2 Å². The molecule has 5 heteroatoms. The Bertz CT molecular complexity index is 572. The van der Waals surface area contributed by atoms with E-state index in [1.54, 1.807) is 18.5 Å². The van der Waals surface area contributed by atoms with Crippen molar-refractivity contribution in [1.29, 1.82) is 0 Å². The van der Waals surface area contributed by atoms with Gasteiger partial charge in [0.2, 0.25) is 0 Å². The van der Waals surface area contributed by atoms with Gasteiger partial charge in [0.25, 0.3) is 5.91 Å². The number of amides is 1. The van der Waals surface area contributed by atoms with E-state index in [2.05, 4.69) is 15.3 Å². The number of carbonyl (C=O) groups excluding carboxylic acids is 1. The van der Waals surface area contributed by atoms with Crippen molar-refractivity contribution in [3.63, 3.8) is 0 Å². The first kappa shape index (κ1) is 12.5. The van der Waals surface area contributed by atoms with E-state index in [4.69, 9.17) is 11.6 Å². The van der Waals surface area contributed by atoms with Crippen LogP contribution in [0.4, 0.5) is 0 Å². The van der Waals surface area contributed by atoms with Crippen LogP contribution in [-0.2, 0) is 6.54 Å². The molecule has 92 valence electrons. The highest BCUT2D eigenvalue weighted by molar-refractivity contribution is 6.30. The summed E-state index contributed by atoms with van der Waals surface area (Å²) >= 11 is 5.78. The summed E-state index contributed by atoms with van der Waals surface area (Å²) in [6.07, 6.45) is 6.45. The highest BCUT2D eigenvalue weighted by atomic mass is 35.5. The monoisotopic (exact) mass is 261 g/mol. The molecule has 0 fully saturated rings. The van der Waals surface area contributed by atoms with Gasteiger partial charge in [0.1, 0.15) is 0 Å². The van der Waals surface area contributed by atoms with Crippen molar-refractivity contribution in [3.8, 4) is 0 Å². The fourth-order valence-corrected chi connectivity index (χ4v) is 1.69. The summed E-state index contributed by atoms with van der Waals surface area (Å²) in [5, 5.41) is 3.26. The standard InChI is InChI=1S/C13H12ClN3O/c1-9-5-15-3-2-10(9)7-17-13(18)11-4-12(14)8-16-6-11/h2-6,8H,7H2,1H3,(H,17,18).